The Morgan fingerprint density at radius 2 is 2.13 bits per heavy atom. The first-order valence-corrected chi connectivity index (χ1v) is 8.49. The van der Waals surface area contributed by atoms with Crippen LogP contribution in [-0.2, 0) is 0 Å². The van der Waals surface area contributed by atoms with Crippen molar-refractivity contribution in [2.75, 3.05) is 13.1 Å². The molecule has 4 rings (SSSR count). The van der Waals surface area contributed by atoms with E-state index in [9.17, 15) is 9.18 Å². The molecule has 0 bridgehead atoms. The van der Waals surface area contributed by atoms with Crippen molar-refractivity contribution >= 4 is 11.0 Å². The van der Waals surface area contributed by atoms with Crippen LogP contribution < -0.4 is 5.56 Å². The SMILES string of the molecule is C[C@H](c1nc2c(cnn2C2CCCC2)c(=O)[nH]1)N1CCC(F)C1. The largest absolute Gasteiger partial charge is 0.309 e. The summed E-state index contributed by atoms with van der Waals surface area (Å²) in [5, 5.41) is 4.95. The topological polar surface area (TPSA) is 66.8 Å². The maximum atomic E-state index is 13.5. The fourth-order valence-electron chi connectivity index (χ4n) is 3.83. The second kappa shape index (κ2) is 5.70. The Morgan fingerprint density at radius 1 is 1.35 bits per heavy atom. The third kappa shape index (κ3) is 2.56. The zero-order valence-corrected chi connectivity index (χ0v) is 13.3. The highest BCUT2D eigenvalue weighted by atomic mass is 19.1. The van der Waals surface area contributed by atoms with E-state index in [0.717, 1.165) is 12.8 Å². The highest BCUT2D eigenvalue weighted by Crippen LogP contribution is 2.31. The Kier molecular flexibility index (Phi) is 3.67. The lowest BCUT2D eigenvalue weighted by molar-refractivity contribution is 0.228. The molecule has 0 aromatic carbocycles. The fourth-order valence-corrected chi connectivity index (χ4v) is 3.83. The molecule has 2 aromatic rings. The quantitative estimate of drug-likeness (QED) is 0.943. The molecular formula is C16H22FN5O. The van der Waals surface area contributed by atoms with Gasteiger partial charge in [-0.15, -0.1) is 0 Å². The second-order valence-corrected chi connectivity index (χ2v) is 6.77. The predicted octanol–water partition coefficient (Wildman–Crippen LogP) is 2.34. The van der Waals surface area contributed by atoms with Crippen molar-refractivity contribution in [3.05, 3.63) is 22.4 Å². The lowest BCUT2D eigenvalue weighted by Gasteiger charge is -2.22. The lowest BCUT2D eigenvalue weighted by Crippen LogP contribution is -2.28. The number of nitrogens with zero attached hydrogens (tertiary/aromatic N) is 4. The third-order valence-electron chi connectivity index (χ3n) is 5.26. The van der Waals surface area contributed by atoms with E-state index in [-0.39, 0.29) is 11.6 Å². The second-order valence-electron chi connectivity index (χ2n) is 6.77. The maximum absolute atomic E-state index is 13.5. The van der Waals surface area contributed by atoms with Gasteiger partial charge in [-0.2, -0.15) is 5.10 Å². The van der Waals surface area contributed by atoms with Crippen LogP contribution in [0.5, 0.6) is 0 Å². The average Bonchev–Trinajstić information content (AvgIpc) is 3.25. The highest BCUT2D eigenvalue weighted by molar-refractivity contribution is 5.73. The molecule has 1 N–H and O–H groups in total. The minimum atomic E-state index is -0.781. The van der Waals surface area contributed by atoms with Gasteiger partial charge in [-0.1, -0.05) is 12.8 Å². The summed E-state index contributed by atoms with van der Waals surface area (Å²) in [6, 6.07) is 0.242. The van der Waals surface area contributed by atoms with Crippen LogP contribution in [0, 0.1) is 0 Å². The zero-order chi connectivity index (χ0) is 16.0. The van der Waals surface area contributed by atoms with E-state index >= 15 is 0 Å². The Bertz CT molecular complexity index is 763. The van der Waals surface area contributed by atoms with Crippen LogP contribution in [0.4, 0.5) is 4.39 Å². The van der Waals surface area contributed by atoms with E-state index in [1.807, 2.05) is 16.5 Å². The maximum Gasteiger partial charge on any atom is 0.262 e. The summed E-state index contributed by atoms with van der Waals surface area (Å²) < 4.78 is 15.4. The summed E-state index contributed by atoms with van der Waals surface area (Å²) in [5.41, 5.74) is 0.510. The first kappa shape index (κ1) is 14.8. The molecule has 7 heteroatoms. The van der Waals surface area contributed by atoms with Gasteiger partial charge < -0.3 is 4.98 Å². The standard InChI is InChI=1S/C16H22FN5O/c1-10(21-7-6-11(17)9-21)14-19-15-13(16(23)20-14)8-18-22(15)12-4-2-3-5-12/h8,10-12H,2-7,9H2,1H3,(H,19,20,23)/t10-,11?/m1/s1. The van der Waals surface area contributed by atoms with Crippen molar-refractivity contribution in [2.45, 2.75) is 57.3 Å². The number of halogens is 1. The van der Waals surface area contributed by atoms with Gasteiger partial charge in [0.2, 0.25) is 0 Å². The molecule has 124 valence electrons. The number of hydrogen-bond donors (Lipinski definition) is 1. The van der Waals surface area contributed by atoms with E-state index in [2.05, 4.69) is 10.1 Å². The molecule has 1 saturated carbocycles. The van der Waals surface area contributed by atoms with Crippen LogP contribution in [0.25, 0.3) is 11.0 Å². The number of hydrogen-bond acceptors (Lipinski definition) is 4. The van der Waals surface area contributed by atoms with Crippen LogP contribution in [0.3, 0.4) is 0 Å². The predicted molar refractivity (Wildman–Crippen MR) is 85.2 cm³/mol. The first-order chi connectivity index (χ1) is 11.1. The smallest absolute Gasteiger partial charge is 0.262 e. The van der Waals surface area contributed by atoms with E-state index < -0.39 is 6.17 Å². The van der Waals surface area contributed by atoms with Gasteiger partial charge in [0.1, 0.15) is 17.4 Å². The minimum absolute atomic E-state index is 0.0974. The molecule has 1 unspecified atom stereocenters. The molecule has 0 amide bonds. The number of fused-ring (bicyclic) bond motifs is 1. The van der Waals surface area contributed by atoms with Crippen LogP contribution in [0.1, 0.15) is 56.9 Å². The molecule has 1 aliphatic carbocycles. The molecule has 1 aliphatic heterocycles. The van der Waals surface area contributed by atoms with Crippen molar-refractivity contribution < 1.29 is 4.39 Å². The third-order valence-corrected chi connectivity index (χ3v) is 5.26. The van der Waals surface area contributed by atoms with Crippen LogP contribution >= 0.6 is 0 Å². The van der Waals surface area contributed by atoms with Gasteiger partial charge in [-0.05, 0) is 26.2 Å². The Hall–Kier alpha value is -1.76. The number of nitrogens with one attached hydrogen (secondary N) is 1. The van der Waals surface area contributed by atoms with Gasteiger partial charge in [0.25, 0.3) is 5.56 Å². The molecule has 2 fully saturated rings. The van der Waals surface area contributed by atoms with Gasteiger partial charge in [0.05, 0.1) is 18.3 Å². The molecule has 0 spiro atoms. The van der Waals surface area contributed by atoms with Crippen molar-refractivity contribution in [1.82, 2.24) is 24.6 Å². The molecule has 2 atom stereocenters. The van der Waals surface area contributed by atoms with Gasteiger partial charge in [-0.25, -0.2) is 14.1 Å². The first-order valence-electron chi connectivity index (χ1n) is 8.49. The molecule has 3 heterocycles. The van der Waals surface area contributed by atoms with E-state index in [4.69, 9.17) is 4.98 Å². The molecule has 2 aromatic heterocycles. The van der Waals surface area contributed by atoms with Crippen LogP contribution in [0.15, 0.2) is 11.0 Å². The van der Waals surface area contributed by atoms with Gasteiger partial charge >= 0.3 is 0 Å². The molecule has 2 aliphatic rings. The van der Waals surface area contributed by atoms with Gasteiger partial charge in [-0.3, -0.25) is 9.69 Å². The van der Waals surface area contributed by atoms with E-state index in [1.165, 1.54) is 12.8 Å². The van der Waals surface area contributed by atoms with Crippen LogP contribution in [-0.4, -0.2) is 43.9 Å². The average molecular weight is 319 g/mol. The monoisotopic (exact) mass is 319 g/mol. The molecule has 23 heavy (non-hydrogen) atoms. The fraction of sp³-hybridized carbons (Fsp3) is 0.688. The summed E-state index contributed by atoms with van der Waals surface area (Å²) in [6.45, 7) is 3.08. The number of likely N-dealkylation sites (tertiary alicyclic amines) is 1. The summed E-state index contributed by atoms with van der Waals surface area (Å²) in [7, 11) is 0. The lowest BCUT2D eigenvalue weighted by atomic mass is 10.2. The molecule has 1 saturated heterocycles. The summed E-state index contributed by atoms with van der Waals surface area (Å²) in [6.07, 6.45) is 5.96. The van der Waals surface area contributed by atoms with E-state index in [0.29, 0.717) is 42.4 Å². The normalized spacial score (nSPS) is 24.7. The number of H-pyrrole nitrogens is 1. The number of aromatic nitrogens is 4. The Balaban J connectivity index is 1.73. The van der Waals surface area contributed by atoms with Gasteiger partial charge in [0, 0.05) is 13.1 Å². The number of alkyl halides is 1. The summed E-state index contributed by atoms with van der Waals surface area (Å²) in [5.74, 6) is 0.608. The van der Waals surface area contributed by atoms with Crippen molar-refractivity contribution in [3.63, 3.8) is 0 Å². The minimum Gasteiger partial charge on any atom is -0.309 e. The Labute approximate surface area is 133 Å². The Morgan fingerprint density at radius 3 is 2.83 bits per heavy atom. The van der Waals surface area contributed by atoms with Crippen molar-refractivity contribution in [2.24, 2.45) is 0 Å². The molecule has 0 radical (unpaired) electrons. The highest BCUT2D eigenvalue weighted by Gasteiger charge is 2.29. The molecular weight excluding hydrogens is 297 g/mol. The van der Waals surface area contributed by atoms with Crippen molar-refractivity contribution in [3.8, 4) is 0 Å². The van der Waals surface area contributed by atoms with Gasteiger partial charge in [0.15, 0.2) is 5.65 Å². The number of aromatic amines is 1. The molecule has 6 nitrogen and oxygen atoms in total. The van der Waals surface area contributed by atoms with Crippen LogP contribution in [0.2, 0.25) is 0 Å². The summed E-state index contributed by atoms with van der Waals surface area (Å²) >= 11 is 0. The zero-order valence-electron chi connectivity index (χ0n) is 13.3. The number of rotatable bonds is 3. The van der Waals surface area contributed by atoms with E-state index in [1.54, 1.807) is 6.20 Å². The van der Waals surface area contributed by atoms with Crippen molar-refractivity contribution in [1.29, 1.82) is 0 Å². The summed E-state index contributed by atoms with van der Waals surface area (Å²) in [4.78, 5) is 22.0.